The molecule has 1 aliphatic carbocycles. The number of carbonyl (C=O) groups is 2. The van der Waals surface area contributed by atoms with E-state index in [4.69, 9.17) is 4.74 Å². The van der Waals surface area contributed by atoms with Crippen molar-refractivity contribution in [1.82, 2.24) is 14.9 Å². The predicted molar refractivity (Wildman–Crippen MR) is 193 cm³/mol. The molecule has 3 aliphatic rings. The summed E-state index contributed by atoms with van der Waals surface area (Å²) in [5.41, 5.74) is -1.28. The lowest BCUT2D eigenvalue weighted by molar-refractivity contribution is -0.145. The Morgan fingerprint density at radius 3 is 2.02 bits per heavy atom. The molecule has 3 heterocycles. The molecule has 2 aromatic carbocycles. The number of rotatable bonds is 11. The number of carbonyl (C=O) groups excluding carboxylic acids is 1. The van der Waals surface area contributed by atoms with E-state index in [-0.39, 0.29) is 60.4 Å². The van der Waals surface area contributed by atoms with Gasteiger partial charge in [-0.3, -0.25) is 9.59 Å². The lowest BCUT2D eigenvalue weighted by Gasteiger charge is -2.49. The van der Waals surface area contributed by atoms with Crippen molar-refractivity contribution in [2.24, 2.45) is 11.8 Å². The topological polar surface area (TPSA) is 99.1 Å². The van der Waals surface area contributed by atoms with Crippen LogP contribution in [0.3, 0.4) is 0 Å². The first kappa shape index (κ1) is 40.3. The smallest absolute Gasteiger partial charge is 0.416 e. The summed E-state index contributed by atoms with van der Waals surface area (Å²) in [6, 6.07) is 10.2. The maximum absolute atomic E-state index is 14.5. The minimum atomic E-state index is -5.01. The van der Waals surface area contributed by atoms with Crippen LogP contribution in [0.25, 0.3) is 0 Å². The molecule has 1 N–H and O–H groups in total. The Morgan fingerprint density at radius 1 is 0.855 bits per heavy atom. The van der Waals surface area contributed by atoms with Crippen LogP contribution in [0.15, 0.2) is 60.9 Å². The van der Waals surface area contributed by atoms with Gasteiger partial charge in [0.25, 0.3) is 0 Å². The highest BCUT2D eigenvalue weighted by molar-refractivity contribution is 5.80. The van der Waals surface area contributed by atoms with Gasteiger partial charge in [0.2, 0.25) is 11.9 Å². The van der Waals surface area contributed by atoms with E-state index < -0.39 is 35.5 Å². The highest BCUT2D eigenvalue weighted by atomic mass is 19.4. The van der Waals surface area contributed by atoms with E-state index in [9.17, 15) is 41.0 Å². The van der Waals surface area contributed by atoms with Crippen LogP contribution in [-0.2, 0) is 39.6 Å². The maximum Gasteiger partial charge on any atom is 0.416 e. The molecule has 15 heteroatoms. The van der Waals surface area contributed by atoms with E-state index in [1.54, 1.807) is 17.3 Å². The Labute approximate surface area is 316 Å². The van der Waals surface area contributed by atoms with Gasteiger partial charge < -0.3 is 24.5 Å². The van der Waals surface area contributed by atoms with Crippen LogP contribution in [0.5, 0.6) is 0 Å². The molecule has 298 valence electrons. The third-order valence-corrected chi connectivity index (χ3v) is 11.3. The number of carboxylic acids is 1. The summed E-state index contributed by atoms with van der Waals surface area (Å²) in [6.07, 6.45) is -2.46. The molecule has 3 fully saturated rings. The van der Waals surface area contributed by atoms with Crippen LogP contribution < -0.4 is 9.80 Å². The second-order valence-electron chi connectivity index (χ2n) is 15.0. The predicted octanol–water partition coefficient (Wildman–Crippen LogP) is 8.02. The van der Waals surface area contributed by atoms with Crippen molar-refractivity contribution in [3.8, 4) is 0 Å². The fourth-order valence-corrected chi connectivity index (χ4v) is 8.48. The largest absolute Gasteiger partial charge is 0.481 e. The van der Waals surface area contributed by atoms with Crippen LogP contribution >= 0.6 is 0 Å². The molecule has 3 atom stereocenters. The van der Waals surface area contributed by atoms with Gasteiger partial charge in [-0.05, 0) is 86.6 Å². The summed E-state index contributed by atoms with van der Waals surface area (Å²) in [5.74, 6) is -0.934. The third kappa shape index (κ3) is 10.1. The number of aliphatic carboxylic acids is 1. The molecule has 3 aromatic rings. The lowest BCUT2D eigenvalue weighted by atomic mass is 9.78. The number of morpholine rings is 1. The van der Waals surface area contributed by atoms with Crippen molar-refractivity contribution in [3.63, 3.8) is 0 Å². The Morgan fingerprint density at radius 2 is 1.45 bits per heavy atom. The summed E-state index contributed by atoms with van der Waals surface area (Å²) < 4.78 is 89.4. The van der Waals surface area contributed by atoms with Crippen LogP contribution in [0.2, 0.25) is 0 Å². The number of anilines is 2. The van der Waals surface area contributed by atoms with Crippen LogP contribution in [0, 0.1) is 11.8 Å². The summed E-state index contributed by atoms with van der Waals surface area (Å²) >= 11 is 0. The first-order valence-corrected chi connectivity index (χ1v) is 19.0. The molecule has 0 spiro atoms. The van der Waals surface area contributed by atoms with E-state index in [1.165, 1.54) is 0 Å². The van der Waals surface area contributed by atoms with Gasteiger partial charge in [-0.15, -0.1) is 0 Å². The highest BCUT2D eigenvalue weighted by Gasteiger charge is 2.44. The van der Waals surface area contributed by atoms with Gasteiger partial charge in [0.05, 0.1) is 42.4 Å². The SMILES string of the molecule is CCC1CC(N(Cc2cc(C(F)(F)F)cc(C(F)(F)F)c2)c2ncc(N3CCOCC3)cn2)CC(Cc2ccccc2)N1C(=O)C1CCC(CC(=O)O)CC1. The zero-order valence-corrected chi connectivity index (χ0v) is 30.7. The fraction of sp³-hybridized carbons (Fsp3) is 0.550. The van der Waals surface area contributed by atoms with Crippen molar-refractivity contribution < 1.29 is 45.8 Å². The van der Waals surface area contributed by atoms with Crippen LogP contribution in [-0.4, -0.2) is 76.3 Å². The molecule has 9 nitrogen and oxygen atoms in total. The van der Waals surface area contributed by atoms with Crippen molar-refractivity contribution in [2.75, 3.05) is 36.1 Å². The molecule has 2 aliphatic heterocycles. The van der Waals surface area contributed by atoms with E-state index in [0.717, 1.165) is 23.4 Å². The Bertz CT molecular complexity index is 1710. The number of alkyl halides is 6. The lowest BCUT2D eigenvalue weighted by Crippen LogP contribution is -2.59. The third-order valence-electron chi connectivity index (χ3n) is 11.3. The first-order chi connectivity index (χ1) is 26.2. The summed E-state index contributed by atoms with van der Waals surface area (Å²) in [5, 5.41) is 9.31. The quantitative estimate of drug-likeness (QED) is 0.196. The molecule has 55 heavy (non-hydrogen) atoms. The molecule has 6 rings (SSSR count). The van der Waals surface area contributed by atoms with Crippen molar-refractivity contribution in [1.29, 1.82) is 0 Å². The average molecular weight is 776 g/mol. The van der Waals surface area contributed by atoms with Gasteiger partial charge in [0, 0.05) is 50.1 Å². The number of ether oxygens (including phenoxy) is 1. The summed E-state index contributed by atoms with van der Waals surface area (Å²) in [4.78, 5) is 40.9. The Hall–Kier alpha value is -4.40. The summed E-state index contributed by atoms with van der Waals surface area (Å²) in [7, 11) is 0. The number of piperidine rings is 1. The monoisotopic (exact) mass is 775 g/mol. The first-order valence-electron chi connectivity index (χ1n) is 19.0. The van der Waals surface area contributed by atoms with Crippen molar-refractivity contribution in [2.45, 2.75) is 102 Å². The van der Waals surface area contributed by atoms with E-state index >= 15 is 0 Å². The van der Waals surface area contributed by atoms with E-state index in [1.807, 2.05) is 47.1 Å². The minimum Gasteiger partial charge on any atom is -0.481 e. The highest BCUT2D eigenvalue weighted by Crippen LogP contribution is 2.40. The van der Waals surface area contributed by atoms with Crippen LogP contribution in [0.4, 0.5) is 38.0 Å². The molecule has 1 saturated carbocycles. The normalized spacial score (nSPS) is 23.7. The number of carboxylic acid groups (broad SMARTS) is 1. The van der Waals surface area contributed by atoms with Gasteiger partial charge in [0.1, 0.15) is 0 Å². The zero-order valence-electron chi connectivity index (χ0n) is 30.7. The van der Waals surface area contributed by atoms with E-state index in [2.05, 4.69) is 9.97 Å². The average Bonchev–Trinajstić information content (AvgIpc) is 3.16. The summed E-state index contributed by atoms with van der Waals surface area (Å²) in [6.45, 7) is 3.91. The van der Waals surface area contributed by atoms with Gasteiger partial charge in [-0.25, -0.2) is 9.97 Å². The number of hydrogen-bond donors (Lipinski definition) is 1. The Balaban J connectivity index is 1.36. The molecule has 2 saturated heterocycles. The molecule has 0 bridgehead atoms. The number of benzene rings is 2. The molecular formula is C40H47F6N5O4. The second-order valence-corrected chi connectivity index (χ2v) is 15.0. The van der Waals surface area contributed by atoms with Crippen molar-refractivity contribution in [3.05, 3.63) is 83.2 Å². The molecule has 1 amide bonds. The second kappa shape index (κ2) is 17.2. The molecule has 0 radical (unpaired) electrons. The molecule has 3 unspecified atom stereocenters. The van der Waals surface area contributed by atoms with Crippen LogP contribution in [0.1, 0.15) is 80.5 Å². The van der Waals surface area contributed by atoms with Gasteiger partial charge in [-0.2, -0.15) is 26.3 Å². The van der Waals surface area contributed by atoms with Gasteiger partial charge >= 0.3 is 18.3 Å². The number of likely N-dealkylation sites (tertiary alicyclic amines) is 1. The maximum atomic E-state index is 14.5. The van der Waals surface area contributed by atoms with Crippen molar-refractivity contribution >= 4 is 23.5 Å². The van der Waals surface area contributed by atoms with E-state index in [0.29, 0.717) is 77.7 Å². The number of nitrogens with zero attached hydrogens (tertiary/aromatic N) is 5. The number of aromatic nitrogens is 2. The van der Waals surface area contributed by atoms with Gasteiger partial charge in [0.15, 0.2) is 0 Å². The molecule has 1 aromatic heterocycles. The molecular weight excluding hydrogens is 728 g/mol. The minimum absolute atomic E-state index is 0.00497. The Kier molecular flexibility index (Phi) is 12.6. The fourth-order valence-electron chi connectivity index (χ4n) is 8.48. The van der Waals surface area contributed by atoms with Gasteiger partial charge in [-0.1, -0.05) is 37.3 Å². The standard InChI is InChI=1S/C40H47F6N5O4/c1-2-32-21-33(22-34(18-26-6-4-3-5-7-26)51(32)37(54)29-10-8-27(9-11-29)19-36(52)53)50(38-47-23-35(24-48-38)49-12-14-55-15-13-49)25-28-16-30(39(41,42)43)20-31(17-28)40(44,45)46/h3-7,16-17,20,23-24,27,29,32-34H,2,8-15,18-19,21-22,25H2,1H3,(H,52,53). The number of hydrogen-bond acceptors (Lipinski definition) is 7. The zero-order chi connectivity index (χ0) is 39.3. The number of halogens is 6. The number of amides is 1.